The molecule has 3 N–H and O–H groups in total. The Hall–Kier alpha value is -3.95. The van der Waals surface area contributed by atoms with Crippen LogP contribution in [0.4, 0.5) is 11.4 Å². The molecule has 1 aromatic carbocycles. The highest BCUT2D eigenvalue weighted by Gasteiger charge is 2.11. The average molecular weight is 396 g/mol. The zero-order valence-corrected chi connectivity index (χ0v) is 15.7. The molecule has 2 amide bonds. The minimum atomic E-state index is -1.07. The standard InChI is InChI=1S/C19H20N6O4/c1-2-24-8-6-16(23-24)18(27)22-15-5-3-4-14(10-15)21-17(26)7-9-25-12-13(11-20-25)19(28)29/h3-6,8,10-12H,2,7,9H2,1H3,(H,21,26)(H,22,27)(H,28,29). The molecule has 29 heavy (non-hydrogen) atoms. The van der Waals surface area contributed by atoms with Crippen LogP contribution in [0.5, 0.6) is 0 Å². The van der Waals surface area contributed by atoms with Gasteiger partial charge in [0.25, 0.3) is 5.91 Å². The van der Waals surface area contributed by atoms with E-state index in [1.54, 1.807) is 41.2 Å². The van der Waals surface area contributed by atoms with Crippen molar-refractivity contribution in [1.82, 2.24) is 19.6 Å². The van der Waals surface area contributed by atoms with Crippen LogP contribution in [-0.2, 0) is 17.9 Å². The monoisotopic (exact) mass is 396 g/mol. The topological polar surface area (TPSA) is 131 Å². The van der Waals surface area contributed by atoms with E-state index in [2.05, 4.69) is 20.8 Å². The molecule has 150 valence electrons. The van der Waals surface area contributed by atoms with Crippen molar-refractivity contribution in [2.24, 2.45) is 0 Å². The first kappa shape index (κ1) is 19.8. The second kappa shape index (κ2) is 8.83. The Bertz CT molecular complexity index is 1040. The summed E-state index contributed by atoms with van der Waals surface area (Å²) in [6.07, 6.45) is 4.44. The third-order valence-corrected chi connectivity index (χ3v) is 4.05. The molecule has 0 saturated carbocycles. The van der Waals surface area contributed by atoms with Gasteiger partial charge in [-0.15, -0.1) is 0 Å². The van der Waals surface area contributed by atoms with Gasteiger partial charge in [0.05, 0.1) is 11.8 Å². The number of anilines is 2. The number of carboxylic acid groups (broad SMARTS) is 1. The Morgan fingerprint density at radius 3 is 2.52 bits per heavy atom. The maximum absolute atomic E-state index is 12.3. The number of hydrogen-bond donors (Lipinski definition) is 3. The molecule has 10 heteroatoms. The highest BCUT2D eigenvalue weighted by Crippen LogP contribution is 2.16. The lowest BCUT2D eigenvalue weighted by atomic mass is 10.2. The predicted octanol–water partition coefficient (Wildman–Crippen LogP) is 2.08. The number of nitrogens with zero attached hydrogens (tertiary/aromatic N) is 4. The molecule has 0 aliphatic carbocycles. The SMILES string of the molecule is CCn1ccc(C(=O)Nc2cccc(NC(=O)CCn3cc(C(=O)O)cn3)c2)n1. The number of rotatable bonds is 8. The van der Waals surface area contributed by atoms with Gasteiger partial charge in [0, 0.05) is 43.3 Å². The van der Waals surface area contributed by atoms with Crippen molar-refractivity contribution in [2.75, 3.05) is 10.6 Å². The summed E-state index contributed by atoms with van der Waals surface area (Å²) >= 11 is 0. The van der Waals surface area contributed by atoms with Crippen LogP contribution in [0, 0.1) is 0 Å². The number of amides is 2. The summed E-state index contributed by atoms with van der Waals surface area (Å²) in [4.78, 5) is 35.3. The lowest BCUT2D eigenvalue weighted by molar-refractivity contribution is -0.116. The van der Waals surface area contributed by atoms with Crippen LogP contribution >= 0.6 is 0 Å². The molecule has 0 spiro atoms. The molecule has 0 aliphatic rings. The number of aryl methyl sites for hydroxylation is 2. The molecule has 0 saturated heterocycles. The normalized spacial score (nSPS) is 10.5. The molecule has 3 rings (SSSR count). The van der Waals surface area contributed by atoms with Crippen molar-refractivity contribution in [3.63, 3.8) is 0 Å². The number of aromatic nitrogens is 4. The zero-order valence-electron chi connectivity index (χ0n) is 15.7. The fourth-order valence-corrected chi connectivity index (χ4v) is 2.56. The summed E-state index contributed by atoms with van der Waals surface area (Å²) in [5.74, 6) is -1.67. The Morgan fingerprint density at radius 1 is 1.10 bits per heavy atom. The summed E-state index contributed by atoms with van der Waals surface area (Å²) in [7, 11) is 0. The molecular formula is C19H20N6O4. The molecule has 3 aromatic rings. The lowest BCUT2D eigenvalue weighted by Gasteiger charge is -2.08. The Balaban J connectivity index is 1.55. The van der Waals surface area contributed by atoms with Gasteiger partial charge in [0.15, 0.2) is 5.69 Å². The van der Waals surface area contributed by atoms with Crippen LogP contribution in [0.3, 0.4) is 0 Å². The highest BCUT2D eigenvalue weighted by molar-refractivity contribution is 6.03. The minimum Gasteiger partial charge on any atom is -0.478 e. The molecule has 10 nitrogen and oxygen atoms in total. The molecule has 0 aliphatic heterocycles. The average Bonchev–Trinajstić information content (AvgIpc) is 3.36. The smallest absolute Gasteiger partial charge is 0.338 e. The van der Waals surface area contributed by atoms with Crippen molar-refractivity contribution in [3.05, 3.63) is 60.2 Å². The summed E-state index contributed by atoms with van der Waals surface area (Å²) in [6, 6.07) is 8.40. The first-order valence-electron chi connectivity index (χ1n) is 8.95. The van der Waals surface area contributed by atoms with Gasteiger partial charge in [0.1, 0.15) is 0 Å². The van der Waals surface area contributed by atoms with Crippen molar-refractivity contribution >= 4 is 29.2 Å². The Labute approximate surface area is 166 Å². The second-order valence-corrected chi connectivity index (χ2v) is 6.19. The molecule has 0 unspecified atom stereocenters. The van der Waals surface area contributed by atoms with Gasteiger partial charge in [-0.05, 0) is 31.2 Å². The van der Waals surface area contributed by atoms with E-state index in [-0.39, 0.29) is 30.3 Å². The molecule has 2 aromatic heterocycles. The number of aromatic carboxylic acids is 1. The zero-order chi connectivity index (χ0) is 20.8. The number of carbonyl (C=O) groups is 3. The lowest BCUT2D eigenvalue weighted by Crippen LogP contribution is -2.16. The van der Waals surface area contributed by atoms with Gasteiger partial charge in [0.2, 0.25) is 5.91 Å². The molecule has 0 radical (unpaired) electrons. The molecule has 0 fully saturated rings. The third kappa shape index (κ3) is 5.28. The summed E-state index contributed by atoms with van der Waals surface area (Å²) in [5, 5.41) is 22.4. The van der Waals surface area contributed by atoms with Crippen LogP contribution in [0.1, 0.15) is 34.2 Å². The van der Waals surface area contributed by atoms with E-state index in [1.807, 2.05) is 6.92 Å². The van der Waals surface area contributed by atoms with Crippen molar-refractivity contribution in [1.29, 1.82) is 0 Å². The van der Waals surface area contributed by atoms with E-state index >= 15 is 0 Å². The van der Waals surface area contributed by atoms with Crippen LogP contribution in [0.2, 0.25) is 0 Å². The van der Waals surface area contributed by atoms with Gasteiger partial charge in [-0.25, -0.2) is 4.79 Å². The quantitative estimate of drug-likeness (QED) is 0.534. The Morgan fingerprint density at radius 2 is 1.86 bits per heavy atom. The van der Waals surface area contributed by atoms with E-state index in [0.717, 1.165) is 0 Å². The van der Waals surface area contributed by atoms with Gasteiger partial charge in [-0.3, -0.25) is 19.0 Å². The first-order valence-corrected chi connectivity index (χ1v) is 8.95. The summed E-state index contributed by atoms with van der Waals surface area (Å²) in [6.45, 7) is 2.85. The largest absolute Gasteiger partial charge is 0.478 e. The summed E-state index contributed by atoms with van der Waals surface area (Å²) in [5.41, 5.74) is 1.43. The van der Waals surface area contributed by atoms with Crippen LogP contribution in [0.25, 0.3) is 0 Å². The Kier molecular flexibility index (Phi) is 6.03. The third-order valence-electron chi connectivity index (χ3n) is 4.05. The van der Waals surface area contributed by atoms with E-state index in [1.165, 1.54) is 17.1 Å². The van der Waals surface area contributed by atoms with E-state index in [9.17, 15) is 14.4 Å². The van der Waals surface area contributed by atoms with Crippen molar-refractivity contribution < 1.29 is 19.5 Å². The van der Waals surface area contributed by atoms with Gasteiger partial charge < -0.3 is 15.7 Å². The molecular weight excluding hydrogens is 376 g/mol. The fourth-order valence-electron chi connectivity index (χ4n) is 2.56. The maximum Gasteiger partial charge on any atom is 0.338 e. The van der Waals surface area contributed by atoms with E-state index in [0.29, 0.717) is 23.6 Å². The fraction of sp³-hybridized carbons (Fsp3) is 0.211. The van der Waals surface area contributed by atoms with Crippen LogP contribution < -0.4 is 10.6 Å². The molecule has 0 atom stereocenters. The van der Waals surface area contributed by atoms with Crippen LogP contribution in [0.15, 0.2) is 48.9 Å². The van der Waals surface area contributed by atoms with Gasteiger partial charge in [-0.2, -0.15) is 10.2 Å². The van der Waals surface area contributed by atoms with E-state index in [4.69, 9.17) is 5.11 Å². The van der Waals surface area contributed by atoms with Crippen LogP contribution in [-0.4, -0.2) is 42.5 Å². The number of carbonyl (C=O) groups excluding carboxylic acids is 2. The first-order chi connectivity index (χ1) is 13.9. The van der Waals surface area contributed by atoms with Crippen molar-refractivity contribution in [3.8, 4) is 0 Å². The van der Waals surface area contributed by atoms with Gasteiger partial charge in [-0.1, -0.05) is 6.07 Å². The summed E-state index contributed by atoms with van der Waals surface area (Å²) < 4.78 is 3.06. The highest BCUT2D eigenvalue weighted by atomic mass is 16.4. The maximum atomic E-state index is 12.3. The molecule has 0 bridgehead atoms. The number of nitrogens with one attached hydrogen (secondary N) is 2. The second-order valence-electron chi connectivity index (χ2n) is 6.19. The minimum absolute atomic E-state index is 0.0672. The molecule has 2 heterocycles. The van der Waals surface area contributed by atoms with Gasteiger partial charge >= 0.3 is 5.97 Å². The predicted molar refractivity (Wildman–Crippen MR) is 105 cm³/mol. The number of benzene rings is 1. The number of hydrogen-bond acceptors (Lipinski definition) is 5. The van der Waals surface area contributed by atoms with Crippen molar-refractivity contribution in [2.45, 2.75) is 26.4 Å². The number of carboxylic acids is 1. The van der Waals surface area contributed by atoms with E-state index < -0.39 is 5.97 Å².